The van der Waals surface area contributed by atoms with Crippen LogP contribution in [0.3, 0.4) is 0 Å². The fraction of sp³-hybridized carbons (Fsp3) is 0.154. The predicted octanol–water partition coefficient (Wildman–Crippen LogP) is 4.04. The predicted molar refractivity (Wildman–Crippen MR) is 128 cm³/mol. The molecule has 1 aliphatic heterocycles. The number of anilines is 3. The van der Waals surface area contributed by atoms with Crippen molar-refractivity contribution in [2.24, 2.45) is 0 Å². The van der Waals surface area contributed by atoms with Crippen molar-refractivity contribution < 1.29 is 4.79 Å². The topological polar surface area (TPSA) is 74.2 Å². The maximum atomic E-state index is 12.6. The van der Waals surface area contributed by atoms with E-state index in [-0.39, 0.29) is 5.91 Å². The van der Waals surface area contributed by atoms with Crippen LogP contribution in [0.2, 0.25) is 0 Å². The largest absolute Gasteiger partial charge is 0.368 e. The zero-order valence-electron chi connectivity index (χ0n) is 18.1. The minimum Gasteiger partial charge on any atom is -0.368 e. The van der Waals surface area contributed by atoms with Gasteiger partial charge < -0.3 is 15.1 Å². The molecule has 0 bridgehead atoms. The summed E-state index contributed by atoms with van der Waals surface area (Å²) >= 11 is 0. The summed E-state index contributed by atoms with van der Waals surface area (Å²) < 4.78 is 0. The smallest absolute Gasteiger partial charge is 0.272 e. The lowest BCUT2D eigenvalue weighted by molar-refractivity contribution is 0.0741. The molecular weight excluding hydrogens is 412 g/mol. The Morgan fingerprint density at radius 1 is 0.879 bits per heavy atom. The van der Waals surface area contributed by atoms with Gasteiger partial charge in [0.2, 0.25) is 5.95 Å². The summed E-state index contributed by atoms with van der Waals surface area (Å²) in [6.07, 6.45) is 3.41. The van der Waals surface area contributed by atoms with E-state index in [2.05, 4.69) is 43.4 Å². The van der Waals surface area contributed by atoms with Gasteiger partial charge in [-0.3, -0.25) is 9.78 Å². The number of amides is 1. The number of nitrogens with zero attached hydrogens (tertiary/aromatic N) is 5. The van der Waals surface area contributed by atoms with Crippen molar-refractivity contribution in [3.05, 3.63) is 97.0 Å². The first-order chi connectivity index (χ1) is 16.3. The molecule has 3 heterocycles. The van der Waals surface area contributed by atoms with Crippen LogP contribution in [-0.2, 0) is 0 Å². The van der Waals surface area contributed by atoms with E-state index in [1.165, 1.54) is 0 Å². The standard InChI is InChI=1S/C26H23N6O/c33-25(24-11-4-5-13-27-24)32-17-15-31(16-18-32)22-10-6-9-21(19-22)29-26-28-14-12-23(30-26)20-7-2-1-3-8-20/h2-14,19H,15-18H2,(H,28,29,30). The van der Waals surface area contributed by atoms with Gasteiger partial charge in [0, 0.05) is 55.5 Å². The number of benzene rings is 2. The maximum Gasteiger partial charge on any atom is 0.272 e. The van der Waals surface area contributed by atoms with E-state index in [0.717, 1.165) is 35.7 Å². The van der Waals surface area contributed by atoms with Crippen molar-refractivity contribution in [2.75, 3.05) is 36.4 Å². The fourth-order valence-corrected chi connectivity index (χ4v) is 3.87. The third-order valence-corrected chi connectivity index (χ3v) is 5.59. The van der Waals surface area contributed by atoms with E-state index in [9.17, 15) is 4.79 Å². The van der Waals surface area contributed by atoms with Gasteiger partial charge in [-0.25, -0.2) is 9.97 Å². The van der Waals surface area contributed by atoms with Crippen molar-refractivity contribution in [3.63, 3.8) is 0 Å². The number of piperazine rings is 1. The van der Waals surface area contributed by atoms with E-state index in [4.69, 9.17) is 0 Å². The first-order valence-corrected chi connectivity index (χ1v) is 10.9. The number of carbonyl (C=O) groups is 1. The molecule has 1 amide bonds. The molecule has 0 spiro atoms. The molecule has 5 rings (SSSR count). The van der Waals surface area contributed by atoms with Gasteiger partial charge in [-0.05, 0) is 42.5 Å². The van der Waals surface area contributed by atoms with Crippen LogP contribution in [-0.4, -0.2) is 51.9 Å². The molecule has 0 atom stereocenters. The Morgan fingerprint density at radius 3 is 2.52 bits per heavy atom. The molecule has 1 radical (unpaired) electrons. The Morgan fingerprint density at radius 2 is 1.73 bits per heavy atom. The highest BCUT2D eigenvalue weighted by molar-refractivity contribution is 5.92. The highest BCUT2D eigenvalue weighted by atomic mass is 16.2. The lowest BCUT2D eigenvalue weighted by Crippen LogP contribution is -2.49. The van der Waals surface area contributed by atoms with Gasteiger partial charge in [0.05, 0.1) is 5.69 Å². The van der Waals surface area contributed by atoms with Crippen molar-refractivity contribution in [1.29, 1.82) is 0 Å². The van der Waals surface area contributed by atoms with Crippen LogP contribution in [0, 0.1) is 6.07 Å². The number of pyridine rings is 1. The second-order valence-electron chi connectivity index (χ2n) is 7.72. The molecule has 1 fully saturated rings. The van der Waals surface area contributed by atoms with Crippen LogP contribution >= 0.6 is 0 Å². The molecule has 7 heteroatoms. The minimum absolute atomic E-state index is 0.0148. The van der Waals surface area contributed by atoms with Crippen LogP contribution < -0.4 is 10.2 Å². The van der Waals surface area contributed by atoms with Gasteiger partial charge in [-0.2, -0.15) is 0 Å². The molecule has 0 aliphatic carbocycles. The third kappa shape index (κ3) is 4.82. The van der Waals surface area contributed by atoms with Gasteiger partial charge >= 0.3 is 0 Å². The van der Waals surface area contributed by atoms with Crippen molar-refractivity contribution >= 4 is 23.2 Å². The second kappa shape index (κ2) is 9.48. The summed E-state index contributed by atoms with van der Waals surface area (Å²) in [4.78, 5) is 30.0. The van der Waals surface area contributed by atoms with E-state index in [1.807, 2.05) is 59.5 Å². The Hall–Kier alpha value is -4.26. The molecule has 4 aromatic rings. The Bertz CT molecular complexity index is 1220. The molecule has 163 valence electrons. The molecule has 7 nitrogen and oxygen atoms in total. The zero-order valence-corrected chi connectivity index (χ0v) is 18.1. The van der Waals surface area contributed by atoms with Crippen molar-refractivity contribution in [3.8, 4) is 11.3 Å². The molecule has 1 N–H and O–H groups in total. The summed E-state index contributed by atoms with van der Waals surface area (Å²) in [6.45, 7) is 2.84. The lowest BCUT2D eigenvalue weighted by atomic mass is 10.1. The van der Waals surface area contributed by atoms with Crippen LogP contribution in [0.15, 0.2) is 85.2 Å². The number of rotatable bonds is 5. The van der Waals surface area contributed by atoms with Gasteiger partial charge in [-0.1, -0.05) is 36.4 Å². The number of nitrogens with one attached hydrogen (secondary N) is 1. The molecule has 2 aromatic heterocycles. The van der Waals surface area contributed by atoms with Crippen LogP contribution in [0.25, 0.3) is 11.3 Å². The number of aromatic nitrogens is 3. The average molecular weight is 436 g/mol. The van der Waals surface area contributed by atoms with E-state index in [0.29, 0.717) is 24.7 Å². The van der Waals surface area contributed by atoms with Crippen LogP contribution in [0.5, 0.6) is 0 Å². The Kier molecular flexibility index (Phi) is 5.93. The molecule has 1 saturated heterocycles. The SMILES string of the molecule is O=C(c1ccccn1)N1CCN(c2cccc(Nc3nccc(-c4cc[c]cc4)n3)c2)CC1. The molecule has 33 heavy (non-hydrogen) atoms. The number of hydrogen-bond acceptors (Lipinski definition) is 6. The van der Waals surface area contributed by atoms with Crippen molar-refractivity contribution in [2.45, 2.75) is 0 Å². The number of carbonyl (C=O) groups excluding carboxylic acids is 1. The van der Waals surface area contributed by atoms with Gasteiger partial charge in [0.1, 0.15) is 5.69 Å². The first kappa shape index (κ1) is 20.6. The van der Waals surface area contributed by atoms with E-state index >= 15 is 0 Å². The molecule has 0 saturated carbocycles. The van der Waals surface area contributed by atoms with Crippen LogP contribution in [0.4, 0.5) is 17.3 Å². The quantitative estimate of drug-likeness (QED) is 0.510. The normalized spacial score (nSPS) is 13.6. The van der Waals surface area contributed by atoms with E-state index < -0.39 is 0 Å². The van der Waals surface area contributed by atoms with Crippen molar-refractivity contribution in [1.82, 2.24) is 19.9 Å². The Labute approximate surface area is 192 Å². The molecule has 2 aromatic carbocycles. The maximum absolute atomic E-state index is 12.6. The fourth-order valence-electron chi connectivity index (χ4n) is 3.87. The molecular formula is C26H23N6O. The number of hydrogen-bond donors (Lipinski definition) is 1. The third-order valence-electron chi connectivity index (χ3n) is 5.59. The van der Waals surface area contributed by atoms with Gasteiger partial charge in [-0.15, -0.1) is 0 Å². The first-order valence-electron chi connectivity index (χ1n) is 10.9. The summed E-state index contributed by atoms with van der Waals surface area (Å²) in [5.41, 5.74) is 4.38. The molecule has 0 unspecified atom stereocenters. The Balaban J connectivity index is 1.25. The highest BCUT2D eigenvalue weighted by Crippen LogP contribution is 2.24. The summed E-state index contributed by atoms with van der Waals surface area (Å²) in [6, 6.07) is 26.2. The average Bonchev–Trinajstić information content (AvgIpc) is 2.90. The summed E-state index contributed by atoms with van der Waals surface area (Å²) in [7, 11) is 0. The van der Waals surface area contributed by atoms with E-state index in [1.54, 1.807) is 18.5 Å². The minimum atomic E-state index is -0.0148. The van der Waals surface area contributed by atoms with Crippen LogP contribution in [0.1, 0.15) is 10.5 Å². The summed E-state index contributed by atoms with van der Waals surface area (Å²) in [5, 5.41) is 3.31. The highest BCUT2D eigenvalue weighted by Gasteiger charge is 2.23. The summed E-state index contributed by atoms with van der Waals surface area (Å²) in [5.74, 6) is 0.530. The monoisotopic (exact) mass is 435 g/mol. The lowest BCUT2D eigenvalue weighted by Gasteiger charge is -2.36. The van der Waals surface area contributed by atoms with Gasteiger partial charge in [0.15, 0.2) is 0 Å². The van der Waals surface area contributed by atoms with Gasteiger partial charge in [0.25, 0.3) is 5.91 Å². The second-order valence-corrected chi connectivity index (χ2v) is 7.72. The molecule has 1 aliphatic rings. The zero-order chi connectivity index (χ0) is 22.5.